The normalized spacial score (nSPS) is 16.1. The lowest BCUT2D eigenvalue weighted by molar-refractivity contribution is 0.111. The number of carbonyl (C=O) groups excluding carboxylic acids is 1. The summed E-state index contributed by atoms with van der Waals surface area (Å²) in [6.07, 6.45) is 2.71. The monoisotopic (exact) mass is 303 g/mol. The Kier molecular flexibility index (Phi) is 4.27. The Morgan fingerprint density at radius 1 is 1.10 bits per heavy atom. The summed E-state index contributed by atoms with van der Waals surface area (Å²) >= 11 is 5.92. The van der Waals surface area contributed by atoms with Crippen LogP contribution in [0.3, 0.4) is 0 Å². The molecule has 0 amide bonds. The first-order valence-electron chi connectivity index (χ1n) is 7.10. The van der Waals surface area contributed by atoms with Crippen molar-refractivity contribution in [2.24, 2.45) is 0 Å². The van der Waals surface area contributed by atoms with Gasteiger partial charge in [0.25, 0.3) is 0 Å². The molecule has 4 nitrogen and oxygen atoms in total. The average Bonchev–Trinajstić information content (AvgIpc) is 2.96. The zero-order valence-electron chi connectivity index (χ0n) is 11.8. The van der Waals surface area contributed by atoms with Gasteiger partial charge >= 0.3 is 0 Å². The smallest absolute Gasteiger partial charge is 0.166 e. The second kappa shape index (κ2) is 6.33. The molecule has 1 N–H and O–H groups in total. The third kappa shape index (κ3) is 3.28. The largest absolute Gasteiger partial charge is 0.369 e. The van der Waals surface area contributed by atoms with E-state index in [1.54, 1.807) is 0 Å². The van der Waals surface area contributed by atoms with Gasteiger partial charge in [0.05, 0.1) is 5.69 Å². The van der Waals surface area contributed by atoms with Crippen molar-refractivity contribution in [3.8, 4) is 0 Å². The van der Waals surface area contributed by atoms with E-state index in [4.69, 9.17) is 11.6 Å². The number of nitrogens with zero attached hydrogens (tertiary/aromatic N) is 2. The first kappa shape index (κ1) is 14.2. The van der Waals surface area contributed by atoms with E-state index in [9.17, 15) is 4.79 Å². The highest BCUT2D eigenvalue weighted by molar-refractivity contribution is 6.30. The van der Waals surface area contributed by atoms with Gasteiger partial charge in [-0.15, -0.1) is 0 Å². The van der Waals surface area contributed by atoms with Gasteiger partial charge in [-0.25, -0.2) is 0 Å². The lowest BCUT2D eigenvalue weighted by atomic mass is 10.2. The van der Waals surface area contributed by atoms with Crippen LogP contribution < -0.4 is 4.90 Å². The van der Waals surface area contributed by atoms with Crippen molar-refractivity contribution in [3.05, 3.63) is 52.8 Å². The summed E-state index contributed by atoms with van der Waals surface area (Å²) in [4.78, 5) is 18.6. The van der Waals surface area contributed by atoms with Crippen LogP contribution in [0.15, 0.2) is 36.5 Å². The molecule has 1 fully saturated rings. The van der Waals surface area contributed by atoms with Gasteiger partial charge in [-0.1, -0.05) is 11.6 Å². The van der Waals surface area contributed by atoms with Crippen LogP contribution in [-0.2, 0) is 6.54 Å². The van der Waals surface area contributed by atoms with Crippen molar-refractivity contribution in [2.45, 2.75) is 6.54 Å². The Morgan fingerprint density at radius 2 is 1.81 bits per heavy atom. The van der Waals surface area contributed by atoms with Crippen LogP contribution in [0.4, 0.5) is 5.69 Å². The van der Waals surface area contributed by atoms with Gasteiger partial charge in [0.1, 0.15) is 0 Å². The zero-order chi connectivity index (χ0) is 14.7. The number of hydrogen-bond acceptors (Lipinski definition) is 3. The highest BCUT2D eigenvalue weighted by Crippen LogP contribution is 2.20. The lowest BCUT2D eigenvalue weighted by Gasteiger charge is -2.36. The van der Waals surface area contributed by atoms with Gasteiger partial charge < -0.3 is 9.88 Å². The topological polar surface area (TPSA) is 39.3 Å². The fraction of sp³-hybridized carbons (Fsp3) is 0.312. The second-order valence-electron chi connectivity index (χ2n) is 5.27. The van der Waals surface area contributed by atoms with Gasteiger partial charge in [0.2, 0.25) is 0 Å². The van der Waals surface area contributed by atoms with Crippen molar-refractivity contribution in [3.63, 3.8) is 0 Å². The number of hydrogen-bond donors (Lipinski definition) is 1. The molecular formula is C16H18ClN3O. The van der Waals surface area contributed by atoms with Gasteiger partial charge in [-0.05, 0) is 35.9 Å². The summed E-state index contributed by atoms with van der Waals surface area (Å²) in [5.74, 6) is 0. The molecule has 2 aromatic rings. The Balaban J connectivity index is 1.58. The molecule has 0 spiro atoms. The van der Waals surface area contributed by atoms with E-state index in [2.05, 4.69) is 26.9 Å². The maximum absolute atomic E-state index is 10.9. The van der Waals surface area contributed by atoms with Crippen molar-refractivity contribution in [2.75, 3.05) is 31.1 Å². The number of carbonyl (C=O) groups is 1. The highest BCUT2D eigenvalue weighted by Gasteiger charge is 2.18. The van der Waals surface area contributed by atoms with Crippen LogP contribution in [0.1, 0.15) is 16.1 Å². The summed E-state index contributed by atoms with van der Waals surface area (Å²) < 4.78 is 0. The Morgan fingerprint density at radius 3 is 2.48 bits per heavy atom. The van der Waals surface area contributed by atoms with Crippen molar-refractivity contribution < 1.29 is 4.79 Å². The fourth-order valence-corrected chi connectivity index (χ4v) is 2.85. The van der Waals surface area contributed by atoms with Crippen LogP contribution in [-0.4, -0.2) is 42.3 Å². The molecule has 21 heavy (non-hydrogen) atoms. The van der Waals surface area contributed by atoms with E-state index in [1.165, 1.54) is 5.69 Å². The summed E-state index contributed by atoms with van der Waals surface area (Å²) in [5, 5.41) is 0.770. The minimum Gasteiger partial charge on any atom is -0.369 e. The van der Waals surface area contributed by atoms with Crippen LogP contribution >= 0.6 is 11.6 Å². The van der Waals surface area contributed by atoms with E-state index >= 15 is 0 Å². The quantitative estimate of drug-likeness (QED) is 0.883. The number of aldehydes is 1. The van der Waals surface area contributed by atoms with Crippen LogP contribution in [0.2, 0.25) is 5.02 Å². The number of aromatic nitrogens is 1. The van der Waals surface area contributed by atoms with Gasteiger partial charge in [0, 0.05) is 49.6 Å². The molecule has 5 heteroatoms. The Labute approximate surface area is 129 Å². The molecule has 0 bridgehead atoms. The fourth-order valence-electron chi connectivity index (χ4n) is 2.72. The third-order valence-corrected chi connectivity index (χ3v) is 4.20. The number of H-pyrrole nitrogens is 1. The average molecular weight is 304 g/mol. The molecule has 0 saturated carbocycles. The number of halogens is 1. The summed E-state index contributed by atoms with van der Waals surface area (Å²) in [6, 6.07) is 9.97. The van der Waals surface area contributed by atoms with Crippen molar-refractivity contribution >= 4 is 23.6 Å². The van der Waals surface area contributed by atoms with E-state index in [1.807, 2.05) is 24.4 Å². The molecule has 0 atom stereocenters. The number of anilines is 1. The minimum absolute atomic E-state index is 0.690. The maximum atomic E-state index is 10.9. The lowest BCUT2D eigenvalue weighted by Crippen LogP contribution is -2.46. The molecule has 1 aliphatic rings. The van der Waals surface area contributed by atoms with E-state index in [0.717, 1.165) is 49.6 Å². The van der Waals surface area contributed by atoms with E-state index in [-0.39, 0.29) is 0 Å². The van der Waals surface area contributed by atoms with Crippen LogP contribution in [0, 0.1) is 0 Å². The summed E-state index contributed by atoms with van der Waals surface area (Å²) in [7, 11) is 0. The summed E-state index contributed by atoms with van der Waals surface area (Å²) in [5.41, 5.74) is 2.98. The molecule has 0 unspecified atom stereocenters. The zero-order valence-corrected chi connectivity index (χ0v) is 12.5. The van der Waals surface area contributed by atoms with E-state index < -0.39 is 0 Å². The maximum Gasteiger partial charge on any atom is 0.166 e. The molecule has 1 aromatic heterocycles. The Bertz CT molecular complexity index is 600. The molecule has 0 aliphatic carbocycles. The number of piperazine rings is 1. The number of benzene rings is 1. The first-order valence-corrected chi connectivity index (χ1v) is 7.48. The SMILES string of the molecule is O=Cc1[nH]ccc1CN1CCN(c2ccc(Cl)cc2)CC1. The number of nitrogens with one attached hydrogen (secondary N) is 1. The number of rotatable bonds is 4. The Hall–Kier alpha value is -1.78. The second-order valence-corrected chi connectivity index (χ2v) is 5.71. The minimum atomic E-state index is 0.690. The summed E-state index contributed by atoms with van der Waals surface area (Å²) in [6.45, 7) is 4.79. The molecule has 110 valence electrons. The number of aromatic amines is 1. The molecule has 0 radical (unpaired) electrons. The van der Waals surface area contributed by atoms with Crippen molar-refractivity contribution in [1.82, 2.24) is 9.88 Å². The standard InChI is InChI=1S/C16H18ClN3O/c17-14-1-3-15(4-2-14)20-9-7-19(8-10-20)11-13-5-6-18-16(13)12-21/h1-6,12,18H,7-11H2. The third-order valence-electron chi connectivity index (χ3n) is 3.95. The highest BCUT2D eigenvalue weighted by atomic mass is 35.5. The molecule has 1 aliphatic heterocycles. The van der Waals surface area contributed by atoms with Gasteiger partial charge in [-0.2, -0.15) is 0 Å². The predicted octanol–water partition coefficient (Wildman–Crippen LogP) is 2.80. The molecular weight excluding hydrogens is 286 g/mol. The van der Waals surface area contributed by atoms with Crippen LogP contribution in [0.25, 0.3) is 0 Å². The molecule has 2 heterocycles. The molecule has 1 aromatic carbocycles. The van der Waals surface area contributed by atoms with Gasteiger partial charge in [0.15, 0.2) is 6.29 Å². The predicted molar refractivity (Wildman–Crippen MR) is 85.1 cm³/mol. The van der Waals surface area contributed by atoms with Crippen molar-refractivity contribution in [1.29, 1.82) is 0 Å². The van der Waals surface area contributed by atoms with Crippen LogP contribution in [0.5, 0.6) is 0 Å². The first-order chi connectivity index (χ1) is 10.3. The molecule has 1 saturated heterocycles. The molecule has 3 rings (SSSR count). The van der Waals surface area contributed by atoms with Gasteiger partial charge in [-0.3, -0.25) is 9.69 Å². The van der Waals surface area contributed by atoms with E-state index in [0.29, 0.717) is 5.69 Å².